The van der Waals surface area contributed by atoms with Crippen molar-refractivity contribution in [3.8, 4) is 0 Å². The van der Waals surface area contributed by atoms with Gasteiger partial charge in [0.15, 0.2) is 0 Å². The first kappa shape index (κ1) is 14.6. The van der Waals surface area contributed by atoms with Crippen molar-refractivity contribution in [1.29, 1.82) is 0 Å². The molecule has 1 atom stereocenters. The first-order chi connectivity index (χ1) is 9.52. The summed E-state index contributed by atoms with van der Waals surface area (Å²) in [7, 11) is 0. The van der Waals surface area contributed by atoms with Crippen LogP contribution in [0.4, 0.5) is 5.13 Å². The van der Waals surface area contributed by atoms with Crippen LogP contribution in [0.1, 0.15) is 17.5 Å². The van der Waals surface area contributed by atoms with Crippen LogP contribution < -0.4 is 10.6 Å². The monoisotopic (exact) mass is 294 g/mol. The van der Waals surface area contributed by atoms with Crippen molar-refractivity contribution in [2.75, 3.05) is 11.9 Å². The van der Waals surface area contributed by atoms with Crippen LogP contribution in [-0.2, 0) is 11.3 Å². The zero-order chi connectivity index (χ0) is 14.5. The molecule has 0 saturated carbocycles. The maximum absolute atomic E-state index is 11.7. The highest BCUT2D eigenvalue weighted by molar-refractivity contribution is 7.15. The molecule has 20 heavy (non-hydrogen) atoms. The molecule has 2 aromatic rings. The van der Waals surface area contributed by atoms with Crippen LogP contribution in [0.15, 0.2) is 12.4 Å². The molecular weight excluding hydrogens is 276 g/mol. The molecule has 0 unspecified atom stereocenters. The van der Waals surface area contributed by atoms with Crippen molar-refractivity contribution in [3.05, 3.63) is 23.0 Å². The molecular formula is C12H18N6OS. The second-order valence-electron chi connectivity index (χ2n) is 4.70. The first-order valence-electron chi connectivity index (χ1n) is 6.35. The van der Waals surface area contributed by atoms with E-state index in [0.717, 1.165) is 17.1 Å². The van der Waals surface area contributed by atoms with Crippen LogP contribution in [0.3, 0.4) is 0 Å². The lowest BCUT2D eigenvalue weighted by molar-refractivity contribution is -0.115. The van der Waals surface area contributed by atoms with Gasteiger partial charge in [0.05, 0.1) is 19.3 Å². The highest BCUT2D eigenvalue weighted by Gasteiger charge is 2.09. The van der Waals surface area contributed by atoms with Gasteiger partial charge in [-0.2, -0.15) is 5.10 Å². The van der Waals surface area contributed by atoms with E-state index in [1.165, 1.54) is 11.3 Å². The van der Waals surface area contributed by atoms with Crippen molar-refractivity contribution >= 4 is 22.4 Å². The zero-order valence-electron chi connectivity index (χ0n) is 11.8. The van der Waals surface area contributed by atoms with Gasteiger partial charge in [0.25, 0.3) is 0 Å². The molecule has 2 rings (SSSR count). The minimum Gasteiger partial charge on any atom is -0.304 e. The molecule has 0 saturated heterocycles. The van der Waals surface area contributed by atoms with Crippen molar-refractivity contribution in [2.24, 2.45) is 0 Å². The molecule has 2 heterocycles. The third-order valence-electron chi connectivity index (χ3n) is 2.61. The van der Waals surface area contributed by atoms with Gasteiger partial charge in [-0.05, 0) is 26.3 Å². The zero-order valence-corrected chi connectivity index (χ0v) is 12.6. The second-order valence-corrected chi connectivity index (χ2v) is 5.88. The maximum Gasteiger partial charge on any atom is 0.240 e. The number of aromatic nitrogens is 4. The molecule has 0 aliphatic heterocycles. The third kappa shape index (κ3) is 4.39. The maximum atomic E-state index is 11.7. The molecule has 8 heteroatoms. The molecule has 0 fully saturated rings. The average molecular weight is 294 g/mol. The molecule has 0 radical (unpaired) electrons. The van der Waals surface area contributed by atoms with E-state index >= 15 is 0 Å². The Labute approximate surface area is 121 Å². The van der Waals surface area contributed by atoms with Gasteiger partial charge in [-0.25, -0.2) is 0 Å². The van der Waals surface area contributed by atoms with Crippen LogP contribution in [0.5, 0.6) is 0 Å². The third-order valence-corrected chi connectivity index (χ3v) is 3.36. The normalized spacial score (nSPS) is 12.3. The lowest BCUT2D eigenvalue weighted by atomic mass is 10.3. The van der Waals surface area contributed by atoms with Crippen molar-refractivity contribution in [3.63, 3.8) is 0 Å². The predicted molar refractivity (Wildman–Crippen MR) is 77.7 cm³/mol. The molecule has 0 bridgehead atoms. The van der Waals surface area contributed by atoms with E-state index in [4.69, 9.17) is 0 Å². The Morgan fingerprint density at radius 3 is 2.85 bits per heavy atom. The molecule has 0 spiro atoms. The number of amides is 1. The van der Waals surface area contributed by atoms with Crippen molar-refractivity contribution in [2.45, 2.75) is 33.4 Å². The number of anilines is 1. The number of carbonyl (C=O) groups excluding carboxylic acids is 1. The van der Waals surface area contributed by atoms with Crippen LogP contribution >= 0.6 is 11.3 Å². The standard InChI is InChI=1S/C12H18N6OS/c1-8-4-14-18(6-8)7-9(2)13-5-11(19)15-12-17-16-10(3)20-12/h4,6,9,13H,5,7H2,1-3H3,(H,15,17,19)/t9-/m1/s1. The fourth-order valence-electron chi connectivity index (χ4n) is 1.69. The van der Waals surface area contributed by atoms with E-state index in [1.54, 1.807) is 0 Å². The van der Waals surface area contributed by atoms with Crippen LogP contribution in [0.2, 0.25) is 0 Å². The van der Waals surface area contributed by atoms with Gasteiger partial charge in [0.1, 0.15) is 5.01 Å². The first-order valence-corrected chi connectivity index (χ1v) is 7.17. The Hall–Kier alpha value is -1.80. The Kier molecular flexibility index (Phi) is 4.80. The van der Waals surface area contributed by atoms with Gasteiger partial charge < -0.3 is 5.32 Å². The van der Waals surface area contributed by atoms with Gasteiger partial charge in [-0.15, -0.1) is 10.2 Å². The largest absolute Gasteiger partial charge is 0.304 e. The lowest BCUT2D eigenvalue weighted by Gasteiger charge is -2.13. The van der Waals surface area contributed by atoms with Crippen LogP contribution in [-0.4, -0.2) is 38.5 Å². The minimum atomic E-state index is -0.121. The number of hydrogen-bond donors (Lipinski definition) is 2. The summed E-state index contributed by atoms with van der Waals surface area (Å²) in [5.41, 5.74) is 1.13. The summed E-state index contributed by atoms with van der Waals surface area (Å²) >= 11 is 1.36. The van der Waals surface area contributed by atoms with Gasteiger partial charge in [-0.1, -0.05) is 11.3 Å². The van der Waals surface area contributed by atoms with Gasteiger partial charge in [0, 0.05) is 12.2 Å². The Morgan fingerprint density at radius 1 is 1.45 bits per heavy atom. The SMILES string of the molecule is Cc1cnn(C[C@@H](C)NCC(=O)Nc2nnc(C)s2)c1. The van der Waals surface area contributed by atoms with E-state index in [-0.39, 0.29) is 18.5 Å². The summed E-state index contributed by atoms with van der Waals surface area (Å²) < 4.78 is 1.86. The summed E-state index contributed by atoms with van der Waals surface area (Å²) in [5, 5.41) is 19.1. The average Bonchev–Trinajstić information content (AvgIpc) is 2.96. The number of nitrogens with zero attached hydrogens (tertiary/aromatic N) is 4. The van der Waals surface area contributed by atoms with Crippen LogP contribution in [0, 0.1) is 13.8 Å². The summed E-state index contributed by atoms with van der Waals surface area (Å²) in [4.78, 5) is 11.7. The van der Waals surface area contributed by atoms with Gasteiger partial charge >= 0.3 is 0 Å². The van der Waals surface area contributed by atoms with E-state index in [9.17, 15) is 4.79 Å². The highest BCUT2D eigenvalue weighted by atomic mass is 32.1. The second kappa shape index (κ2) is 6.58. The van der Waals surface area contributed by atoms with Gasteiger partial charge in [0.2, 0.25) is 11.0 Å². The lowest BCUT2D eigenvalue weighted by Crippen LogP contribution is -2.36. The number of hydrogen-bond acceptors (Lipinski definition) is 6. The van der Waals surface area contributed by atoms with Crippen molar-refractivity contribution < 1.29 is 4.79 Å². The molecule has 0 aromatic carbocycles. The molecule has 1 amide bonds. The number of nitrogens with one attached hydrogen (secondary N) is 2. The van der Waals surface area contributed by atoms with E-state index in [0.29, 0.717) is 5.13 Å². The predicted octanol–water partition coefficient (Wildman–Crippen LogP) is 0.968. The smallest absolute Gasteiger partial charge is 0.240 e. The molecule has 7 nitrogen and oxygen atoms in total. The molecule has 0 aliphatic rings. The molecule has 108 valence electrons. The quantitative estimate of drug-likeness (QED) is 0.829. The Morgan fingerprint density at radius 2 is 2.25 bits per heavy atom. The number of rotatable bonds is 6. The molecule has 2 N–H and O–H groups in total. The van der Waals surface area contributed by atoms with Crippen molar-refractivity contribution in [1.82, 2.24) is 25.3 Å². The fraction of sp³-hybridized carbons (Fsp3) is 0.500. The summed E-state index contributed by atoms with van der Waals surface area (Å²) in [5.74, 6) is -0.121. The van der Waals surface area contributed by atoms with Gasteiger partial charge in [-0.3, -0.25) is 14.8 Å². The van der Waals surface area contributed by atoms with E-state index in [2.05, 4.69) is 25.9 Å². The topological polar surface area (TPSA) is 84.7 Å². The number of aryl methyl sites for hydroxylation is 2. The van der Waals surface area contributed by atoms with Crippen LogP contribution in [0.25, 0.3) is 0 Å². The Balaban J connectivity index is 1.72. The summed E-state index contributed by atoms with van der Waals surface area (Å²) in [6.45, 7) is 6.82. The minimum absolute atomic E-state index is 0.121. The molecule has 0 aliphatic carbocycles. The number of carbonyl (C=O) groups is 1. The summed E-state index contributed by atoms with van der Waals surface area (Å²) in [6, 6.07) is 0.149. The molecule has 2 aromatic heterocycles. The van der Waals surface area contributed by atoms with E-state index in [1.807, 2.05) is 37.8 Å². The highest BCUT2D eigenvalue weighted by Crippen LogP contribution is 2.12. The fourth-order valence-corrected chi connectivity index (χ4v) is 2.30. The van der Waals surface area contributed by atoms with E-state index < -0.39 is 0 Å². The Bertz CT molecular complexity index is 578. The summed E-state index contributed by atoms with van der Waals surface area (Å²) in [6.07, 6.45) is 3.79.